The number of carbonyl (C=O) groups excluding carboxylic acids is 1. The average molecular weight is 355 g/mol. The molecule has 0 radical (unpaired) electrons. The Bertz CT molecular complexity index is 527. The van der Waals surface area contributed by atoms with Crippen molar-refractivity contribution in [3.05, 3.63) is 18.0 Å². The predicted molar refractivity (Wildman–Crippen MR) is 98.7 cm³/mol. The van der Waals surface area contributed by atoms with E-state index in [1.807, 2.05) is 16.9 Å². The van der Waals surface area contributed by atoms with E-state index in [2.05, 4.69) is 29.2 Å². The van der Waals surface area contributed by atoms with Crippen molar-refractivity contribution in [2.24, 2.45) is 5.92 Å². The fraction of sp³-hybridized carbons (Fsp3) is 0.778. The number of hydrogen-bond acceptors (Lipinski definition) is 3. The van der Waals surface area contributed by atoms with E-state index in [4.69, 9.17) is 0 Å². The van der Waals surface area contributed by atoms with E-state index in [1.54, 1.807) is 0 Å². The Hall–Kier alpha value is -1.07. The number of hydrogen-bond donors (Lipinski definition) is 1. The maximum Gasteiger partial charge on any atom is 0.274 e. The zero-order valence-corrected chi connectivity index (χ0v) is 15.7. The summed E-state index contributed by atoms with van der Waals surface area (Å²) in [5.41, 5.74) is 0.616. The highest BCUT2D eigenvalue weighted by molar-refractivity contribution is 5.92. The second kappa shape index (κ2) is 8.86. The van der Waals surface area contributed by atoms with Gasteiger partial charge in [0.1, 0.15) is 5.69 Å². The minimum Gasteiger partial charge on any atom is -0.334 e. The van der Waals surface area contributed by atoms with Crippen molar-refractivity contribution < 1.29 is 4.79 Å². The Kier molecular flexibility index (Phi) is 7.11. The van der Waals surface area contributed by atoms with Crippen LogP contribution in [-0.4, -0.2) is 46.3 Å². The first kappa shape index (κ1) is 19.3. The molecule has 0 bridgehead atoms. The highest BCUT2D eigenvalue weighted by atomic mass is 35.5. The van der Waals surface area contributed by atoms with Crippen molar-refractivity contribution >= 4 is 18.3 Å². The van der Waals surface area contributed by atoms with Gasteiger partial charge in [-0.1, -0.05) is 20.3 Å². The summed E-state index contributed by atoms with van der Waals surface area (Å²) in [6.45, 7) is 7.41. The Labute approximate surface area is 151 Å². The molecule has 1 aromatic rings. The lowest BCUT2D eigenvalue weighted by Crippen LogP contribution is -2.47. The van der Waals surface area contributed by atoms with Crippen LogP contribution in [-0.2, 0) is 0 Å². The summed E-state index contributed by atoms with van der Waals surface area (Å²) in [7, 11) is 0. The number of nitrogens with zero attached hydrogens (tertiary/aromatic N) is 3. The molecule has 0 aromatic carbocycles. The topological polar surface area (TPSA) is 50.2 Å². The maximum atomic E-state index is 13.0. The fourth-order valence-electron chi connectivity index (χ4n) is 4.10. The third kappa shape index (κ3) is 4.12. The Morgan fingerprint density at radius 1 is 1.38 bits per heavy atom. The van der Waals surface area contributed by atoms with E-state index in [0.717, 1.165) is 45.3 Å². The van der Waals surface area contributed by atoms with E-state index in [9.17, 15) is 4.79 Å². The van der Waals surface area contributed by atoms with Crippen molar-refractivity contribution in [1.29, 1.82) is 0 Å². The van der Waals surface area contributed by atoms with E-state index in [0.29, 0.717) is 23.7 Å². The van der Waals surface area contributed by atoms with E-state index in [-0.39, 0.29) is 18.3 Å². The molecule has 3 heterocycles. The van der Waals surface area contributed by atoms with Gasteiger partial charge >= 0.3 is 0 Å². The van der Waals surface area contributed by atoms with Crippen molar-refractivity contribution in [1.82, 2.24) is 20.0 Å². The van der Waals surface area contributed by atoms with Gasteiger partial charge in [0, 0.05) is 25.3 Å². The van der Waals surface area contributed by atoms with Gasteiger partial charge in [0.15, 0.2) is 0 Å². The molecule has 6 heteroatoms. The Balaban J connectivity index is 0.00000208. The van der Waals surface area contributed by atoms with Crippen LogP contribution in [0.25, 0.3) is 0 Å². The first-order chi connectivity index (χ1) is 11.2. The molecular formula is C18H31ClN4O. The number of halogens is 1. The molecule has 1 amide bonds. The minimum atomic E-state index is 0. The van der Waals surface area contributed by atoms with Gasteiger partial charge in [-0.15, -0.1) is 12.4 Å². The normalized spacial score (nSPS) is 27.6. The average Bonchev–Trinajstić information content (AvgIpc) is 3.07. The zero-order chi connectivity index (χ0) is 16.2. The van der Waals surface area contributed by atoms with Gasteiger partial charge in [-0.3, -0.25) is 9.48 Å². The van der Waals surface area contributed by atoms with Crippen molar-refractivity contribution in [2.45, 2.75) is 64.5 Å². The van der Waals surface area contributed by atoms with Crippen molar-refractivity contribution in [3.63, 3.8) is 0 Å². The van der Waals surface area contributed by atoms with Gasteiger partial charge in [0.2, 0.25) is 0 Å². The predicted octanol–water partition coefficient (Wildman–Crippen LogP) is 3.27. The number of amides is 1. The maximum absolute atomic E-state index is 13.0. The van der Waals surface area contributed by atoms with Crippen molar-refractivity contribution in [3.8, 4) is 0 Å². The minimum absolute atomic E-state index is 0. The summed E-state index contributed by atoms with van der Waals surface area (Å²) in [5, 5.41) is 8.02. The highest BCUT2D eigenvalue weighted by Crippen LogP contribution is 2.28. The second-order valence-corrected chi connectivity index (χ2v) is 7.16. The van der Waals surface area contributed by atoms with E-state index >= 15 is 0 Å². The summed E-state index contributed by atoms with van der Waals surface area (Å²) in [4.78, 5) is 15.0. The van der Waals surface area contributed by atoms with Gasteiger partial charge in [-0.25, -0.2) is 0 Å². The standard InChI is InChI=1S/C18H30N4O.ClH/c1-3-6-17-14(2)7-5-11-21(17)18(23)16-9-12-22(20-16)15-8-4-10-19-13-15;/h9,12,14-15,17,19H,3-8,10-11,13H2,1-2H3;1H. The second-order valence-electron chi connectivity index (χ2n) is 7.16. The van der Waals surface area contributed by atoms with Crippen LogP contribution in [0.5, 0.6) is 0 Å². The molecule has 3 unspecified atom stereocenters. The lowest BCUT2D eigenvalue weighted by Gasteiger charge is -2.39. The molecule has 1 N–H and O–H groups in total. The molecule has 136 valence electrons. The molecule has 5 nitrogen and oxygen atoms in total. The van der Waals surface area contributed by atoms with Crippen LogP contribution in [0, 0.1) is 5.92 Å². The summed E-state index contributed by atoms with van der Waals surface area (Å²) in [6, 6.07) is 2.67. The summed E-state index contributed by atoms with van der Waals surface area (Å²) in [5.74, 6) is 0.717. The molecule has 1 aromatic heterocycles. The molecule has 2 aliphatic rings. The van der Waals surface area contributed by atoms with Gasteiger partial charge < -0.3 is 10.2 Å². The van der Waals surface area contributed by atoms with Crippen LogP contribution in [0.3, 0.4) is 0 Å². The third-order valence-electron chi connectivity index (χ3n) is 5.43. The van der Waals surface area contributed by atoms with Gasteiger partial charge in [-0.05, 0) is 50.6 Å². The van der Waals surface area contributed by atoms with Crippen LogP contribution in [0.15, 0.2) is 12.3 Å². The molecule has 0 aliphatic carbocycles. The molecular weight excluding hydrogens is 324 g/mol. The SMILES string of the molecule is CCCC1C(C)CCCN1C(=O)c1ccn(C2CCCNC2)n1.Cl. The molecule has 3 atom stereocenters. The Morgan fingerprint density at radius 2 is 2.21 bits per heavy atom. The number of nitrogens with one attached hydrogen (secondary N) is 1. The number of aromatic nitrogens is 2. The summed E-state index contributed by atoms with van der Waals surface area (Å²) >= 11 is 0. The van der Waals surface area contributed by atoms with Crippen LogP contribution < -0.4 is 5.32 Å². The van der Waals surface area contributed by atoms with E-state index in [1.165, 1.54) is 12.8 Å². The number of carbonyl (C=O) groups is 1. The zero-order valence-electron chi connectivity index (χ0n) is 14.9. The molecule has 2 fully saturated rings. The largest absolute Gasteiger partial charge is 0.334 e. The van der Waals surface area contributed by atoms with Gasteiger partial charge in [0.05, 0.1) is 6.04 Å². The molecule has 2 aliphatic heterocycles. The monoisotopic (exact) mass is 354 g/mol. The van der Waals surface area contributed by atoms with Gasteiger partial charge in [0.25, 0.3) is 5.91 Å². The lowest BCUT2D eigenvalue weighted by atomic mass is 9.88. The number of piperidine rings is 2. The molecule has 2 saturated heterocycles. The lowest BCUT2D eigenvalue weighted by molar-refractivity contribution is 0.0490. The third-order valence-corrected chi connectivity index (χ3v) is 5.43. The van der Waals surface area contributed by atoms with Crippen LogP contribution in [0.1, 0.15) is 68.9 Å². The fourth-order valence-corrected chi connectivity index (χ4v) is 4.10. The van der Waals surface area contributed by atoms with E-state index < -0.39 is 0 Å². The number of likely N-dealkylation sites (tertiary alicyclic amines) is 1. The van der Waals surface area contributed by atoms with Crippen LogP contribution in [0.4, 0.5) is 0 Å². The molecule has 0 saturated carbocycles. The van der Waals surface area contributed by atoms with Crippen LogP contribution >= 0.6 is 12.4 Å². The molecule has 24 heavy (non-hydrogen) atoms. The smallest absolute Gasteiger partial charge is 0.274 e. The van der Waals surface area contributed by atoms with Crippen LogP contribution in [0.2, 0.25) is 0 Å². The summed E-state index contributed by atoms with van der Waals surface area (Å²) in [6.07, 6.45) is 8.86. The Morgan fingerprint density at radius 3 is 2.92 bits per heavy atom. The summed E-state index contributed by atoms with van der Waals surface area (Å²) < 4.78 is 1.99. The molecule has 0 spiro atoms. The van der Waals surface area contributed by atoms with Crippen molar-refractivity contribution in [2.75, 3.05) is 19.6 Å². The first-order valence-corrected chi connectivity index (χ1v) is 9.27. The van der Waals surface area contributed by atoms with Gasteiger partial charge in [-0.2, -0.15) is 5.10 Å². The highest BCUT2D eigenvalue weighted by Gasteiger charge is 2.32. The quantitative estimate of drug-likeness (QED) is 0.902. The number of rotatable bonds is 4. The molecule has 3 rings (SSSR count). The first-order valence-electron chi connectivity index (χ1n) is 9.27.